The SMILES string of the molecule is Fc1c[c-]c(-c2ccccn2)cc1.N#Cc1cc2c(cc1-c1ccccc1)oc1cc3c4ccc[c-]c4c4ncccc4c3cc12.[Ir]. The molecule has 225 valence electrons. The third kappa shape index (κ3) is 5.42. The Morgan fingerprint density at radius 1 is 0.660 bits per heavy atom. The van der Waals surface area contributed by atoms with Crippen LogP contribution in [0.1, 0.15) is 5.56 Å². The van der Waals surface area contributed by atoms with E-state index in [1.165, 1.54) is 12.1 Å². The molecule has 0 aliphatic rings. The number of halogens is 1. The number of furan rings is 1. The van der Waals surface area contributed by atoms with E-state index in [0.717, 1.165) is 76.8 Å². The maximum absolute atomic E-state index is 12.6. The average Bonchev–Trinajstić information content (AvgIpc) is 3.48. The van der Waals surface area contributed by atoms with E-state index in [2.05, 4.69) is 52.4 Å². The van der Waals surface area contributed by atoms with Crippen molar-refractivity contribution in [3.05, 3.63) is 157 Å². The summed E-state index contributed by atoms with van der Waals surface area (Å²) in [5.74, 6) is -0.278. The van der Waals surface area contributed by atoms with Gasteiger partial charge in [-0.15, -0.1) is 59.5 Å². The van der Waals surface area contributed by atoms with Crippen LogP contribution in [-0.4, -0.2) is 9.97 Å². The molecule has 0 bridgehead atoms. The van der Waals surface area contributed by atoms with Crippen LogP contribution in [0.2, 0.25) is 0 Å². The zero-order valence-electron chi connectivity index (χ0n) is 24.7. The Hall–Kier alpha value is -5.73. The van der Waals surface area contributed by atoms with Crippen molar-refractivity contribution in [2.75, 3.05) is 0 Å². The van der Waals surface area contributed by atoms with E-state index in [0.29, 0.717) is 5.56 Å². The van der Waals surface area contributed by atoms with Crippen LogP contribution in [0, 0.1) is 29.3 Å². The third-order valence-electron chi connectivity index (χ3n) is 8.15. The molecule has 4 nitrogen and oxygen atoms in total. The van der Waals surface area contributed by atoms with E-state index in [1.54, 1.807) is 12.3 Å². The monoisotopic (exact) mass is 784 g/mol. The summed E-state index contributed by atoms with van der Waals surface area (Å²) in [6.45, 7) is 0. The maximum atomic E-state index is 12.6. The second kappa shape index (κ2) is 12.6. The van der Waals surface area contributed by atoms with Crippen LogP contribution < -0.4 is 0 Å². The summed E-state index contributed by atoms with van der Waals surface area (Å²) in [5, 5.41) is 17.2. The number of nitriles is 1. The normalized spacial score (nSPS) is 10.9. The van der Waals surface area contributed by atoms with Crippen LogP contribution in [-0.2, 0) is 20.1 Å². The minimum absolute atomic E-state index is 0. The molecule has 0 aliphatic heterocycles. The molecule has 0 N–H and O–H groups in total. The van der Waals surface area contributed by atoms with E-state index in [-0.39, 0.29) is 25.9 Å². The first-order chi connectivity index (χ1) is 22.7. The zero-order valence-corrected chi connectivity index (χ0v) is 27.1. The summed E-state index contributed by atoms with van der Waals surface area (Å²) in [6.07, 6.45) is 3.52. The summed E-state index contributed by atoms with van der Waals surface area (Å²) in [6, 6.07) is 46.8. The third-order valence-corrected chi connectivity index (χ3v) is 8.15. The molecule has 6 heteroatoms. The fourth-order valence-electron chi connectivity index (χ4n) is 6.03. The fourth-order valence-corrected chi connectivity index (χ4v) is 6.03. The molecule has 0 aliphatic carbocycles. The first kappa shape index (κ1) is 30.0. The Morgan fingerprint density at radius 2 is 1.43 bits per heavy atom. The number of hydrogen-bond acceptors (Lipinski definition) is 4. The summed E-state index contributed by atoms with van der Waals surface area (Å²) in [7, 11) is 0. The number of pyridine rings is 2. The molecule has 3 aromatic heterocycles. The number of benzene rings is 6. The van der Waals surface area contributed by atoms with Gasteiger partial charge in [0.2, 0.25) is 0 Å². The second-order valence-electron chi connectivity index (χ2n) is 10.9. The van der Waals surface area contributed by atoms with Crippen molar-refractivity contribution in [2.24, 2.45) is 0 Å². The van der Waals surface area contributed by atoms with Crippen molar-refractivity contribution in [3.63, 3.8) is 0 Å². The molecule has 0 fully saturated rings. The van der Waals surface area contributed by atoms with Gasteiger partial charge in [-0.1, -0.05) is 53.9 Å². The molecule has 6 aromatic carbocycles. The smallest absolute Gasteiger partial charge is 0.136 e. The molecule has 0 amide bonds. The van der Waals surface area contributed by atoms with Gasteiger partial charge in [0.05, 0.1) is 11.6 Å². The predicted octanol–water partition coefficient (Wildman–Crippen LogP) is 10.5. The van der Waals surface area contributed by atoms with Crippen molar-refractivity contribution >= 4 is 54.4 Å². The molecule has 0 atom stereocenters. The Labute approximate surface area is 283 Å². The molecular formula is C41H22FIrN3O-2. The van der Waals surface area contributed by atoms with E-state index in [9.17, 15) is 9.65 Å². The van der Waals surface area contributed by atoms with E-state index in [4.69, 9.17) is 4.42 Å². The Morgan fingerprint density at radius 3 is 2.21 bits per heavy atom. The molecular weight excluding hydrogens is 762 g/mol. The summed E-state index contributed by atoms with van der Waals surface area (Å²) < 4.78 is 18.9. The van der Waals surface area contributed by atoms with Gasteiger partial charge in [0.25, 0.3) is 0 Å². The number of hydrogen-bond donors (Lipinski definition) is 0. The van der Waals surface area contributed by atoms with Gasteiger partial charge in [-0.05, 0) is 69.3 Å². The van der Waals surface area contributed by atoms with Crippen LogP contribution in [0.15, 0.2) is 138 Å². The van der Waals surface area contributed by atoms with Gasteiger partial charge in [0, 0.05) is 54.7 Å². The first-order valence-electron chi connectivity index (χ1n) is 14.7. The number of nitrogens with zero attached hydrogens (tertiary/aromatic N) is 3. The number of aromatic nitrogens is 2. The molecule has 9 aromatic rings. The van der Waals surface area contributed by atoms with Gasteiger partial charge in [0.15, 0.2) is 0 Å². The number of rotatable bonds is 2. The first-order valence-corrected chi connectivity index (χ1v) is 14.7. The van der Waals surface area contributed by atoms with Gasteiger partial charge >= 0.3 is 0 Å². The molecule has 47 heavy (non-hydrogen) atoms. The minimum Gasteiger partial charge on any atom is -0.456 e. The molecule has 1 radical (unpaired) electrons. The predicted molar refractivity (Wildman–Crippen MR) is 181 cm³/mol. The zero-order chi connectivity index (χ0) is 31.0. The second-order valence-corrected chi connectivity index (χ2v) is 10.9. The topological polar surface area (TPSA) is 62.7 Å². The molecule has 3 heterocycles. The minimum atomic E-state index is -0.278. The maximum Gasteiger partial charge on any atom is 0.136 e. The van der Waals surface area contributed by atoms with Gasteiger partial charge in [0.1, 0.15) is 11.2 Å². The van der Waals surface area contributed by atoms with Crippen molar-refractivity contribution in [1.82, 2.24) is 9.97 Å². The molecule has 0 spiro atoms. The quantitative estimate of drug-likeness (QED) is 0.129. The van der Waals surface area contributed by atoms with E-state index >= 15 is 0 Å². The van der Waals surface area contributed by atoms with Gasteiger partial charge in [-0.25, -0.2) is 0 Å². The summed E-state index contributed by atoms with van der Waals surface area (Å²) >= 11 is 0. The molecule has 0 unspecified atom stereocenters. The Balaban J connectivity index is 0.000000212. The van der Waals surface area contributed by atoms with Crippen LogP contribution in [0.4, 0.5) is 4.39 Å². The van der Waals surface area contributed by atoms with Crippen LogP contribution >= 0.6 is 0 Å². The summed E-state index contributed by atoms with van der Waals surface area (Å²) in [4.78, 5) is 8.79. The van der Waals surface area contributed by atoms with Crippen LogP contribution in [0.3, 0.4) is 0 Å². The molecule has 0 saturated carbocycles. The average molecular weight is 784 g/mol. The van der Waals surface area contributed by atoms with E-state index in [1.807, 2.05) is 85.1 Å². The van der Waals surface area contributed by atoms with Gasteiger partial charge in [-0.2, -0.15) is 5.26 Å². The van der Waals surface area contributed by atoms with Gasteiger partial charge < -0.3 is 14.4 Å². The summed E-state index contributed by atoms with van der Waals surface area (Å²) in [5.41, 5.74) is 6.65. The molecule has 9 rings (SSSR count). The van der Waals surface area contributed by atoms with E-state index < -0.39 is 0 Å². The van der Waals surface area contributed by atoms with Crippen LogP contribution in [0.25, 0.3) is 76.8 Å². The largest absolute Gasteiger partial charge is 0.456 e. The van der Waals surface area contributed by atoms with Crippen molar-refractivity contribution < 1.29 is 28.9 Å². The van der Waals surface area contributed by atoms with Crippen molar-refractivity contribution in [2.45, 2.75) is 0 Å². The Bertz CT molecular complexity index is 2590. The molecule has 0 saturated heterocycles. The standard InChI is InChI=1S/C30H15N2O.C11H7FN.Ir/c31-17-19-13-26-27-14-24-22-11-6-12-32-30(22)21-10-5-4-9-20(21)25(24)16-29(27)33-28(26)15-23(19)18-7-2-1-3-8-18;12-10-6-4-9(5-7-10)11-3-1-2-8-13-11;/h1-9,11-16H;1-4,6-8H;/q2*-1;. The van der Waals surface area contributed by atoms with Gasteiger partial charge in [-0.3, -0.25) is 4.39 Å². The fraction of sp³-hybridized carbons (Fsp3) is 0. The van der Waals surface area contributed by atoms with Crippen molar-refractivity contribution in [1.29, 1.82) is 5.26 Å². The number of fused-ring (bicyclic) bond motifs is 9. The van der Waals surface area contributed by atoms with Crippen molar-refractivity contribution in [3.8, 4) is 28.5 Å². The van der Waals surface area contributed by atoms with Crippen LogP contribution in [0.5, 0.6) is 0 Å². The Kier molecular flexibility index (Phi) is 8.01.